The molecule has 0 atom stereocenters. The highest BCUT2D eigenvalue weighted by atomic mass is 16.4. The van der Waals surface area contributed by atoms with E-state index in [1.165, 1.54) is 6.92 Å². The summed E-state index contributed by atoms with van der Waals surface area (Å²) in [6, 6.07) is 0. The van der Waals surface area contributed by atoms with E-state index in [9.17, 15) is 4.79 Å². The molecule has 0 saturated carbocycles. The Morgan fingerprint density at radius 1 is 0.818 bits per heavy atom. The molecule has 0 spiro atoms. The maximum absolute atomic E-state index is 9.60. The largest absolute Gasteiger partial charge is 0.481 e. The van der Waals surface area contributed by atoms with Crippen molar-refractivity contribution in [1.82, 2.24) is 0 Å². The molecular weight excluding hydrogens is 300 g/mol. The Bertz CT molecular complexity index is 292. The van der Waals surface area contributed by atoms with E-state index < -0.39 is 23.3 Å². The first-order valence-electron chi connectivity index (χ1n) is 5.90. The van der Waals surface area contributed by atoms with Gasteiger partial charge < -0.3 is 30.6 Å². The molecule has 0 saturated heterocycles. The molecule has 0 unspecified atom stereocenters. The number of rotatable bonds is 4. The molecule has 0 bridgehead atoms. The third-order valence-corrected chi connectivity index (χ3v) is 1.51. The SMILES string of the molecule is C=C(C)C(=O)O.CC(=O)O.CC(=O)O.CC(CO)(CO)CO. The number of aliphatic carboxylic acids is 3. The van der Waals surface area contributed by atoms with Gasteiger partial charge in [-0.05, 0) is 6.92 Å². The summed E-state index contributed by atoms with van der Waals surface area (Å²) in [5.41, 5.74) is -0.532. The lowest BCUT2D eigenvalue weighted by molar-refractivity contribution is -0.135. The van der Waals surface area contributed by atoms with Crippen molar-refractivity contribution in [2.24, 2.45) is 5.41 Å². The minimum Gasteiger partial charge on any atom is -0.481 e. The number of aliphatic hydroxyl groups is 3. The summed E-state index contributed by atoms with van der Waals surface area (Å²) in [6.45, 7) is 7.83. The van der Waals surface area contributed by atoms with Gasteiger partial charge in [0.15, 0.2) is 0 Å². The second-order valence-electron chi connectivity index (χ2n) is 4.41. The Morgan fingerprint density at radius 2 is 0.955 bits per heavy atom. The van der Waals surface area contributed by atoms with Crippen molar-refractivity contribution in [3.63, 3.8) is 0 Å². The van der Waals surface area contributed by atoms with E-state index in [0.717, 1.165) is 13.8 Å². The molecule has 132 valence electrons. The lowest BCUT2D eigenvalue weighted by Crippen LogP contribution is -2.29. The zero-order valence-corrected chi connectivity index (χ0v) is 13.2. The second kappa shape index (κ2) is 17.1. The molecule has 6 N–H and O–H groups in total. The predicted molar refractivity (Wildman–Crippen MR) is 78.4 cm³/mol. The lowest BCUT2D eigenvalue weighted by Gasteiger charge is -2.20. The van der Waals surface area contributed by atoms with E-state index in [2.05, 4.69) is 6.58 Å². The van der Waals surface area contributed by atoms with Gasteiger partial charge in [0.2, 0.25) is 0 Å². The second-order valence-corrected chi connectivity index (χ2v) is 4.41. The monoisotopic (exact) mass is 326 g/mol. The molecule has 0 aliphatic carbocycles. The van der Waals surface area contributed by atoms with E-state index >= 15 is 0 Å². The summed E-state index contributed by atoms with van der Waals surface area (Å²) < 4.78 is 0. The van der Waals surface area contributed by atoms with Crippen LogP contribution in [0.3, 0.4) is 0 Å². The van der Waals surface area contributed by atoms with Crippen LogP contribution in [0, 0.1) is 5.41 Å². The summed E-state index contributed by atoms with van der Waals surface area (Å²) >= 11 is 0. The molecule has 9 heteroatoms. The predicted octanol–water partition coefficient (Wildman–Crippen LogP) is -0.201. The smallest absolute Gasteiger partial charge is 0.330 e. The number of hydrogen-bond donors (Lipinski definition) is 6. The van der Waals surface area contributed by atoms with Crippen LogP contribution in [0.1, 0.15) is 27.7 Å². The fraction of sp³-hybridized carbons (Fsp3) is 0.615. The van der Waals surface area contributed by atoms with Crippen molar-refractivity contribution in [1.29, 1.82) is 0 Å². The molecule has 0 aromatic rings. The zero-order valence-electron chi connectivity index (χ0n) is 13.2. The lowest BCUT2D eigenvalue weighted by atomic mass is 9.95. The molecule has 22 heavy (non-hydrogen) atoms. The van der Waals surface area contributed by atoms with Crippen LogP contribution in [0.2, 0.25) is 0 Å². The molecule has 0 rings (SSSR count). The molecule has 9 nitrogen and oxygen atoms in total. The van der Waals surface area contributed by atoms with Crippen LogP contribution in [0.15, 0.2) is 12.2 Å². The number of carbonyl (C=O) groups is 3. The van der Waals surface area contributed by atoms with Crippen LogP contribution < -0.4 is 0 Å². The van der Waals surface area contributed by atoms with Crippen molar-refractivity contribution < 1.29 is 45.0 Å². The molecule has 0 aliphatic rings. The van der Waals surface area contributed by atoms with E-state index in [4.69, 9.17) is 40.2 Å². The number of carboxylic acids is 3. The number of hydrogen-bond acceptors (Lipinski definition) is 6. The topological polar surface area (TPSA) is 173 Å². The quantitative estimate of drug-likeness (QED) is 0.382. The Morgan fingerprint density at radius 3 is 0.955 bits per heavy atom. The van der Waals surface area contributed by atoms with Gasteiger partial charge in [0.05, 0.1) is 19.8 Å². The average molecular weight is 326 g/mol. The third-order valence-electron chi connectivity index (χ3n) is 1.51. The number of carboxylic acid groups (broad SMARTS) is 3. The van der Waals surface area contributed by atoms with Crippen LogP contribution >= 0.6 is 0 Å². The fourth-order valence-electron chi connectivity index (χ4n) is 0.150. The summed E-state index contributed by atoms with van der Waals surface area (Å²) in [5, 5.41) is 48.1. The van der Waals surface area contributed by atoms with Crippen LogP contribution in [0.5, 0.6) is 0 Å². The Balaban J connectivity index is -0.000000103. The van der Waals surface area contributed by atoms with Gasteiger partial charge in [-0.25, -0.2) is 4.79 Å². The van der Waals surface area contributed by atoms with Crippen molar-refractivity contribution in [3.8, 4) is 0 Å². The van der Waals surface area contributed by atoms with E-state index in [1.807, 2.05) is 0 Å². The third kappa shape index (κ3) is 43.0. The van der Waals surface area contributed by atoms with Gasteiger partial charge >= 0.3 is 5.97 Å². The summed E-state index contributed by atoms with van der Waals surface area (Å²) in [4.78, 5) is 27.6. The standard InChI is InChI=1S/C5H12O3.C4H6O2.2C2H4O2/c1-5(2-6,3-7)4-8;1-3(2)4(5)6;2*1-2(3)4/h6-8H,2-4H2,1H3;1H2,2H3,(H,5,6);2*1H3,(H,3,4). The van der Waals surface area contributed by atoms with Gasteiger partial charge in [-0.1, -0.05) is 13.5 Å². The Hall–Kier alpha value is -1.97. The molecule has 0 aromatic heterocycles. The highest BCUT2D eigenvalue weighted by molar-refractivity contribution is 5.84. The first-order chi connectivity index (χ1) is 9.79. The van der Waals surface area contributed by atoms with Crippen molar-refractivity contribution in [2.45, 2.75) is 27.7 Å². The van der Waals surface area contributed by atoms with E-state index in [1.54, 1.807) is 6.92 Å². The molecule has 0 amide bonds. The Kier molecular flexibility index (Phi) is 21.9. The first-order valence-corrected chi connectivity index (χ1v) is 5.90. The minimum absolute atomic E-state index is 0.176. The maximum Gasteiger partial charge on any atom is 0.330 e. The summed E-state index contributed by atoms with van der Waals surface area (Å²) in [6.07, 6.45) is 0. The molecule has 0 aromatic carbocycles. The van der Waals surface area contributed by atoms with Gasteiger partial charge in [0.25, 0.3) is 11.9 Å². The fourth-order valence-corrected chi connectivity index (χ4v) is 0.150. The molecule has 0 aliphatic heterocycles. The number of aliphatic hydroxyl groups excluding tert-OH is 3. The molecule has 0 radical (unpaired) electrons. The first kappa shape index (κ1) is 28.2. The van der Waals surface area contributed by atoms with Gasteiger partial charge in [0.1, 0.15) is 0 Å². The van der Waals surface area contributed by atoms with Crippen molar-refractivity contribution in [3.05, 3.63) is 12.2 Å². The van der Waals surface area contributed by atoms with E-state index in [0.29, 0.717) is 0 Å². The zero-order chi connectivity index (χ0) is 18.9. The van der Waals surface area contributed by atoms with Gasteiger partial charge in [-0.3, -0.25) is 9.59 Å². The van der Waals surface area contributed by atoms with Crippen LogP contribution in [0.25, 0.3) is 0 Å². The van der Waals surface area contributed by atoms with Gasteiger partial charge in [0, 0.05) is 24.8 Å². The minimum atomic E-state index is -0.935. The van der Waals surface area contributed by atoms with Gasteiger partial charge in [-0.15, -0.1) is 0 Å². The molecule has 0 fully saturated rings. The summed E-state index contributed by atoms with van der Waals surface area (Å²) in [7, 11) is 0. The van der Waals surface area contributed by atoms with Gasteiger partial charge in [-0.2, -0.15) is 0 Å². The van der Waals surface area contributed by atoms with Crippen molar-refractivity contribution >= 4 is 17.9 Å². The average Bonchev–Trinajstić information content (AvgIpc) is 2.37. The van der Waals surface area contributed by atoms with Crippen LogP contribution in [0.4, 0.5) is 0 Å². The summed E-state index contributed by atoms with van der Waals surface area (Å²) in [5.74, 6) is -2.60. The Labute approximate surface area is 129 Å². The molecule has 0 heterocycles. The maximum atomic E-state index is 9.60. The van der Waals surface area contributed by atoms with Crippen molar-refractivity contribution in [2.75, 3.05) is 19.8 Å². The van der Waals surface area contributed by atoms with E-state index in [-0.39, 0.29) is 25.4 Å². The highest BCUT2D eigenvalue weighted by Crippen LogP contribution is 2.10. The van der Waals surface area contributed by atoms with Crippen LogP contribution in [-0.4, -0.2) is 68.4 Å². The van der Waals surface area contributed by atoms with Crippen LogP contribution in [-0.2, 0) is 14.4 Å². The highest BCUT2D eigenvalue weighted by Gasteiger charge is 2.20. The normalized spacial score (nSPS) is 8.68. The molecular formula is C13H26O9.